The summed E-state index contributed by atoms with van der Waals surface area (Å²) in [5.41, 5.74) is 3.64. The quantitative estimate of drug-likeness (QED) is 0.259. The Labute approximate surface area is 210 Å². The molecule has 0 bridgehead atoms. The molecule has 0 unspecified atom stereocenters. The minimum absolute atomic E-state index is 0.0225. The first-order valence-corrected chi connectivity index (χ1v) is 11.8. The number of hydrogen-bond acceptors (Lipinski definition) is 3. The fourth-order valence-electron chi connectivity index (χ4n) is 4.27. The average Bonchev–Trinajstić information content (AvgIpc) is 3.24. The molecule has 3 aromatic carbocycles. The van der Waals surface area contributed by atoms with Crippen molar-refractivity contribution in [3.05, 3.63) is 113 Å². The van der Waals surface area contributed by atoms with E-state index in [2.05, 4.69) is 6.07 Å². The minimum Gasteiger partial charge on any atom is -0.480 e. The molecule has 0 aliphatic heterocycles. The van der Waals surface area contributed by atoms with Crippen LogP contribution in [0.1, 0.15) is 16.7 Å². The maximum atomic E-state index is 13.6. The zero-order chi connectivity index (χ0) is 25.3. The van der Waals surface area contributed by atoms with Gasteiger partial charge in [0.05, 0.1) is 0 Å². The Kier molecular flexibility index (Phi) is 7.94. The average molecular weight is 478 g/mol. The van der Waals surface area contributed by atoms with Gasteiger partial charge in [-0.05, 0) is 36.1 Å². The van der Waals surface area contributed by atoms with Gasteiger partial charge in [0.15, 0.2) is 0 Å². The Morgan fingerprint density at radius 2 is 1.42 bits per heavy atom. The maximum Gasteiger partial charge on any atom is 0.323 e. The van der Waals surface area contributed by atoms with Crippen molar-refractivity contribution >= 4 is 28.9 Å². The van der Waals surface area contributed by atoms with Crippen molar-refractivity contribution in [2.75, 3.05) is 13.1 Å². The summed E-state index contributed by atoms with van der Waals surface area (Å²) in [5, 5.41) is 20.0. The number of amides is 1. The maximum absolute atomic E-state index is 13.6. The van der Waals surface area contributed by atoms with E-state index >= 15 is 0 Å². The Balaban J connectivity index is 1.62. The lowest BCUT2D eigenvalue weighted by atomic mass is 10.1. The van der Waals surface area contributed by atoms with E-state index in [4.69, 9.17) is 0 Å². The SMILES string of the molecule is N#CC(=Cc1cn(CC(=O)O)c2ccccc12)C(=O)N(CCc1ccccc1)CCc1ccccc1. The molecule has 4 aromatic rings. The predicted molar refractivity (Wildman–Crippen MR) is 140 cm³/mol. The Morgan fingerprint density at radius 3 is 1.97 bits per heavy atom. The molecule has 0 aliphatic carbocycles. The Hall–Kier alpha value is -4.63. The number of aromatic nitrogens is 1. The van der Waals surface area contributed by atoms with Gasteiger partial charge >= 0.3 is 5.97 Å². The van der Waals surface area contributed by atoms with Crippen molar-refractivity contribution in [2.24, 2.45) is 0 Å². The first-order chi connectivity index (χ1) is 17.5. The van der Waals surface area contributed by atoms with E-state index in [0.29, 0.717) is 31.5 Å². The summed E-state index contributed by atoms with van der Waals surface area (Å²) in [7, 11) is 0. The van der Waals surface area contributed by atoms with Crippen LogP contribution >= 0.6 is 0 Å². The fraction of sp³-hybridized carbons (Fsp3) is 0.167. The molecule has 0 aliphatic rings. The summed E-state index contributed by atoms with van der Waals surface area (Å²) < 4.78 is 1.62. The van der Waals surface area contributed by atoms with Gasteiger partial charge in [0.25, 0.3) is 5.91 Å². The number of rotatable bonds is 10. The number of aliphatic carboxylic acids is 1. The molecule has 36 heavy (non-hydrogen) atoms. The van der Waals surface area contributed by atoms with Crippen LogP contribution in [0.3, 0.4) is 0 Å². The Bertz CT molecular complexity index is 1370. The lowest BCUT2D eigenvalue weighted by Gasteiger charge is -2.22. The summed E-state index contributed by atoms with van der Waals surface area (Å²) >= 11 is 0. The number of benzene rings is 3. The second-order valence-electron chi connectivity index (χ2n) is 8.56. The summed E-state index contributed by atoms with van der Waals surface area (Å²) in [6.07, 6.45) is 4.61. The second kappa shape index (κ2) is 11.7. The van der Waals surface area contributed by atoms with Crippen molar-refractivity contribution in [1.29, 1.82) is 5.26 Å². The summed E-state index contributed by atoms with van der Waals surface area (Å²) in [4.78, 5) is 26.6. The predicted octanol–water partition coefficient (Wildman–Crippen LogP) is 4.95. The molecule has 4 rings (SSSR count). The van der Waals surface area contributed by atoms with E-state index in [9.17, 15) is 20.0 Å². The molecule has 1 amide bonds. The second-order valence-corrected chi connectivity index (χ2v) is 8.56. The number of nitriles is 1. The van der Waals surface area contributed by atoms with E-state index in [0.717, 1.165) is 22.0 Å². The van der Waals surface area contributed by atoms with Crippen LogP contribution in [-0.2, 0) is 29.0 Å². The van der Waals surface area contributed by atoms with Crippen LogP contribution in [-0.4, -0.2) is 39.5 Å². The highest BCUT2D eigenvalue weighted by Crippen LogP contribution is 2.24. The van der Waals surface area contributed by atoms with Crippen LogP contribution < -0.4 is 0 Å². The van der Waals surface area contributed by atoms with Crippen molar-refractivity contribution < 1.29 is 14.7 Å². The first kappa shape index (κ1) is 24.5. The number of para-hydroxylation sites is 1. The number of fused-ring (bicyclic) bond motifs is 1. The molecule has 0 atom stereocenters. The minimum atomic E-state index is -0.962. The van der Waals surface area contributed by atoms with E-state index < -0.39 is 5.97 Å². The molecule has 180 valence electrons. The summed E-state index contributed by atoms with van der Waals surface area (Å²) in [6.45, 7) is 0.759. The van der Waals surface area contributed by atoms with Crippen LogP contribution in [0.25, 0.3) is 17.0 Å². The normalized spacial score (nSPS) is 11.2. The molecule has 1 heterocycles. The van der Waals surface area contributed by atoms with Crippen molar-refractivity contribution in [2.45, 2.75) is 19.4 Å². The smallest absolute Gasteiger partial charge is 0.323 e. The molecule has 0 radical (unpaired) electrons. The summed E-state index contributed by atoms with van der Waals surface area (Å²) in [6, 6.07) is 29.4. The fourth-order valence-corrected chi connectivity index (χ4v) is 4.27. The van der Waals surface area contributed by atoms with Crippen LogP contribution in [0.15, 0.2) is 96.7 Å². The van der Waals surface area contributed by atoms with Gasteiger partial charge in [0.2, 0.25) is 0 Å². The van der Waals surface area contributed by atoms with Crippen LogP contribution in [0, 0.1) is 11.3 Å². The number of nitrogens with zero attached hydrogens (tertiary/aromatic N) is 3. The van der Waals surface area contributed by atoms with E-state index in [1.807, 2.05) is 84.9 Å². The lowest BCUT2D eigenvalue weighted by molar-refractivity contribution is -0.137. The highest BCUT2D eigenvalue weighted by atomic mass is 16.4. The molecule has 1 N–H and O–H groups in total. The molecular formula is C30H27N3O3. The highest BCUT2D eigenvalue weighted by Gasteiger charge is 2.20. The lowest BCUT2D eigenvalue weighted by Crippen LogP contribution is -2.35. The molecule has 0 saturated heterocycles. The number of carboxylic acid groups (broad SMARTS) is 1. The Morgan fingerprint density at radius 1 is 0.861 bits per heavy atom. The van der Waals surface area contributed by atoms with Crippen molar-refractivity contribution in [3.63, 3.8) is 0 Å². The van der Waals surface area contributed by atoms with Gasteiger partial charge in [-0.1, -0.05) is 78.9 Å². The molecular weight excluding hydrogens is 450 g/mol. The van der Waals surface area contributed by atoms with E-state index in [-0.39, 0.29) is 18.0 Å². The zero-order valence-electron chi connectivity index (χ0n) is 19.9. The van der Waals surface area contributed by atoms with Crippen molar-refractivity contribution in [3.8, 4) is 6.07 Å². The molecule has 1 aromatic heterocycles. The standard InChI is InChI=1S/C30H27N3O3/c31-20-25(19-26-21-33(22-29(34)35)28-14-8-7-13-27(26)28)30(36)32(17-15-23-9-3-1-4-10-23)18-16-24-11-5-2-6-12-24/h1-14,19,21H,15-18,22H2,(H,34,35). The van der Waals surface area contributed by atoms with Gasteiger partial charge in [-0.25, -0.2) is 0 Å². The van der Waals surface area contributed by atoms with Crippen LogP contribution in [0.4, 0.5) is 0 Å². The first-order valence-electron chi connectivity index (χ1n) is 11.8. The van der Waals surface area contributed by atoms with Gasteiger partial charge < -0.3 is 14.6 Å². The number of hydrogen-bond donors (Lipinski definition) is 1. The third-order valence-corrected chi connectivity index (χ3v) is 6.09. The van der Waals surface area contributed by atoms with E-state index in [1.165, 1.54) is 0 Å². The number of carbonyl (C=O) groups is 2. The monoisotopic (exact) mass is 477 g/mol. The van der Waals surface area contributed by atoms with Gasteiger partial charge in [-0.3, -0.25) is 9.59 Å². The van der Waals surface area contributed by atoms with Gasteiger partial charge in [-0.15, -0.1) is 0 Å². The van der Waals surface area contributed by atoms with E-state index in [1.54, 1.807) is 21.7 Å². The topological polar surface area (TPSA) is 86.3 Å². The molecule has 0 saturated carbocycles. The third kappa shape index (κ3) is 6.08. The van der Waals surface area contributed by atoms with Crippen LogP contribution in [0.5, 0.6) is 0 Å². The van der Waals surface area contributed by atoms with Crippen molar-refractivity contribution in [1.82, 2.24) is 9.47 Å². The summed E-state index contributed by atoms with van der Waals surface area (Å²) in [5.74, 6) is -1.30. The molecule has 0 fully saturated rings. The van der Waals surface area contributed by atoms with Gasteiger partial charge in [-0.2, -0.15) is 5.26 Å². The van der Waals surface area contributed by atoms with Gasteiger partial charge in [0, 0.05) is 35.8 Å². The molecule has 6 heteroatoms. The molecule has 6 nitrogen and oxygen atoms in total. The highest BCUT2D eigenvalue weighted by molar-refractivity contribution is 6.04. The zero-order valence-corrected chi connectivity index (χ0v) is 19.9. The number of carboxylic acids is 1. The van der Waals surface area contributed by atoms with Crippen LogP contribution in [0.2, 0.25) is 0 Å². The largest absolute Gasteiger partial charge is 0.480 e. The van der Waals surface area contributed by atoms with Gasteiger partial charge in [0.1, 0.15) is 18.2 Å². The molecule has 0 spiro atoms. The number of carbonyl (C=O) groups excluding carboxylic acids is 1. The third-order valence-electron chi connectivity index (χ3n) is 6.09.